The van der Waals surface area contributed by atoms with Gasteiger partial charge in [0.15, 0.2) is 0 Å². The minimum Gasteiger partial charge on any atom is -0.375 e. The third-order valence-electron chi connectivity index (χ3n) is 2.40. The molecule has 0 saturated carbocycles. The van der Waals surface area contributed by atoms with Crippen molar-refractivity contribution < 1.29 is 18.3 Å². The predicted octanol–water partition coefficient (Wildman–Crippen LogP) is 2.43. The Labute approximate surface area is 106 Å². The van der Waals surface area contributed by atoms with Crippen LogP contribution in [0.25, 0.3) is 0 Å². The Kier molecular flexibility index (Phi) is 10.5. The fourth-order valence-corrected chi connectivity index (χ4v) is 1.60. The number of rotatable bonds is 10. The van der Waals surface area contributed by atoms with Gasteiger partial charge >= 0.3 is 0 Å². The molecule has 0 rings (SSSR count). The molecule has 3 nitrogen and oxygen atoms in total. The second kappa shape index (κ2) is 10.7. The Bertz CT molecular complexity index is 206. The second-order valence-corrected chi connectivity index (χ2v) is 4.15. The van der Waals surface area contributed by atoms with Crippen LogP contribution in [-0.2, 0) is 9.53 Å². The molecule has 0 aliphatic rings. The van der Waals surface area contributed by atoms with E-state index in [0.29, 0.717) is 18.3 Å². The third kappa shape index (κ3) is 10.5. The normalized spacial score (nSPS) is 12.8. The van der Waals surface area contributed by atoms with Crippen LogP contribution in [0.1, 0.15) is 26.2 Å². The van der Waals surface area contributed by atoms with Crippen molar-refractivity contribution in [3.05, 3.63) is 0 Å². The van der Waals surface area contributed by atoms with Crippen LogP contribution < -0.4 is 5.32 Å². The van der Waals surface area contributed by atoms with E-state index in [-0.39, 0.29) is 18.9 Å². The highest BCUT2D eigenvalue weighted by atomic mass is 35.5. The molecule has 0 saturated heterocycles. The van der Waals surface area contributed by atoms with Gasteiger partial charge in [0.25, 0.3) is 6.43 Å². The van der Waals surface area contributed by atoms with E-state index in [0.717, 1.165) is 12.8 Å². The summed E-state index contributed by atoms with van der Waals surface area (Å²) in [4.78, 5) is 11.3. The van der Waals surface area contributed by atoms with Crippen molar-refractivity contribution in [3.63, 3.8) is 0 Å². The van der Waals surface area contributed by atoms with Gasteiger partial charge in [0, 0.05) is 18.8 Å². The average Bonchev–Trinajstić information content (AvgIpc) is 2.29. The number of hydrogen-bond acceptors (Lipinski definition) is 2. The molecule has 1 amide bonds. The molecule has 0 radical (unpaired) electrons. The molecule has 17 heavy (non-hydrogen) atoms. The highest BCUT2D eigenvalue weighted by Gasteiger charge is 2.08. The topological polar surface area (TPSA) is 38.3 Å². The number of amides is 1. The molecule has 102 valence electrons. The van der Waals surface area contributed by atoms with Crippen molar-refractivity contribution in [2.24, 2.45) is 5.92 Å². The summed E-state index contributed by atoms with van der Waals surface area (Å²) in [5.41, 5.74) is 0. The van der Waals surface area contributed by atoms with Crippen molar-refractivity contribution in [2.75, 3.05) is 25.6 Å². The maximum atomic E-state index is 11.7. The summed E-state index contributed by atoms with van der Waals surface area (Å²) in [6.45, 7) is 2.03. The van der Waals surface area contributed by atoms with Crippen LogP contribution in [0.15, 0.2) is 0 Å². The van der Waals surface area contributed by atoms with Gasteiger partial charge in [-0.1, -0.05) is 13.3 Å². The maximum Gasteiger partial charge on any atom is 0.261 e. The van der Waals surface area contributed by atoms with Crippen molar-refractivity contribution in [1.82, 2.24) is 5.32 Å². The van der Waals surface area contributed by atoms with E-state index < -0.39 is 13.0 Å². The molecule has 1 atom stereocenters. The molecule has 0 fully saturated rings. The quantitative estimate of drug-likeness (QED) is 0.490. The van der Waals surface area contributed by atoms with Crippen LogP contribution >= 0.6 is 11.6 Å². The summed E-state index contributed by atoms with van der Waals surface area (Å²) in [6, 6.07) is 0. The molecule has 0 aromatic carbocycles. The van der Waals surface area contributed by atoms with Crippen LogP contribution in [0.5, 0.6) is 0 Å². The summed E-state index contributed by atoms with van der Waals surface area (Å²) in [7, 11) is 0. The van der Waals surface area contributed by atoms with Gasteiger partial charge in [0.05, 0.1) is 6.61 Å². The summed E-state index contributed by atoms with van der Waals surface area (Å²) in [5.74, 6) is 0.775. The Balaban J connectivity index is 3.51. The molecular weight excluding hydrogens is 252 g/mol. The molecule has 0 aromatic rings. The largest absolute Gasteiger partial charge is 0.375 e. The van der Waals surface area contributed by atoms with Crippen molar-refractivity contribution in [3.8, 4) is 0 Å². The Morgan fingerprint density at radius 3 is 2.71 bits per heavy atom. The van der Waals surface area contributed by atoms with E-state index >= 15 is 0 Å². The van der Waals surface area contributed by atoms with Crippen molar-refractivity contribution in [1.29, 1.82) is 0 Å². The zero-order chi connectivity index (χ0) is 13.1. The first-order valence-electron chi connectivity index (χ1n) is 5.78. The van der Waals surface area contributed by atoms with Gasteiger partial charge < -0.3 is 10.1 Å². The maximum absolute atomic E-state index is 11.7. The molecule has 1 N–H and O–H groups in total. The molecular formula is C11H20ClF2NO2. The third-order valence-corrected chi connectivity index (χ3v) is 2.62. The standard InChI is InChI=1S/C11H20ClF2NO2/c1-2-9(3-5-12)7-15-11(16)4-6-17-8-10(13)14/h9-10H,2-8H2,1H3,(H,15,16). The van der Waals surface area contributed by atoms with Crippen LogP contribution in [0, 0.1) is 5.92 Å². The number of carbonyl (C=O) groups excluding carboxylic acids is 1. The minimum atomic E-state index is -2.48. The molecule has 0 aliphatic carbocycles. The Hall–Kier alpha value is -0.420. The van der Waals surface area contributed by atoms with Crippen molar-refractivity contribution in [2.45, 2.75) is 32.6 Å². The number of halogens is 3. The number of carbonyl (C=O) groups is 1. The first kappa shape index (κ1) is 16.6. The van der Waals surface area contributed by atoms with Crippen LogP contribution in [0.4, 0.5) is 8.78 Å². The lowest BCUT2D eigenvalue weighted by atomic mass is 10.0. The molecule has 0 heterocycles. The van der Waals surface area contributed by atoms with E-state index in [2.05, 4.69) is 10.1 Å². The van der Waals surface area contributed by atoms with Gasteiger partial charge in [-0.15, -0.1) is 11.6 Å². The van der Waals surface area contributed by atoms with Gasteiger partial charge in [0.1, 0.15) is 6.61 Å². The fraction of sp³-hybridized carbons (Fsp3) is 0.909. The summed E-state index contributed by atoms with van der Waals surface area (Å²) < 4.78 is 28.0. The lowest BCUT2D eigenvalue weighted by Gasteiger charge is -2.14. The lowest BCUT2D eigenvalue weighted by molar-refractivity contribution is -0.122. The zero-order valence-corrected chi connectivity index (χ0v) is 10.8. The second-order valence-electron chi connectivity index (χ2n) is 3.77. The highest BCUT2D eigenvalue weighted by molar-refractivity contribution is 6.17. The van der Waals surface area contributed by atoms with Gasteiger partial charge in [0.2, 0.25) is 5.91 Å². The number of ether oxygens (including phenoxy) is 1. The molecule has 0 aliphatic heterocycles. The monoisotopic (exact) mass is 271 g/mol. The van der Waals surface area contributed by atoms with E-state index in [1.54, 1.807) is 0 Å². The summed E-state index contributed by atoms with van der Waals surface area (Å²) in [5, 5.41) is 2.74. The van der Waals surface area contributed by atoms with Gasteiger partial charge in [-0.2, -0.15) is 0 Å². The SMILES string of the molecule is CCC(CCCl)CNC(=O)CCOCC(F)F. The number of nitrogens with one attached hydrogen (secondary N) is 1. The van der Waals surface area contributed by atoms with E-state index in [9.17, 15) is 13.6 Å². The summed E-state index contributed by atoms with van der Waals surface area (Å²) in [6.07, 6.45) is -0.551. The zero-order valence-electron chi connectivity index (χ0n) is 10.1. The van der Waals surface area contributed by atoms with Crippen LogP contribution in [0.3, 0.4) is 0 Å². The Morgan fingerprint density at radius 2 is 2.18 bits per heavy atom. The van der Waals surface area contributed by atoms with Gasteiger partial charge in [-0.25, -0.2) is 8.78 Å². The van der Waals surface area contributed by atoms with E-state index in [4.69, 9.17) is 11.6 Å². The van der Waals surface area contributed by atoms with Crippen LogP contribution in [0.2, 0.25) is 0 Å². The molecule has 6 heteroatoms. The summed E-state index contributed by atoms with van der Waals surface area (Å²) >= 11 is 5.62. The predicted molar refractivity (Wildman–Crippen MR) is 63.6 cm³/mol. The molecule has 0 bridgehead atoms. The average molecular weight is 272 g/mol. The lowest BCUT2D eigenvalue weighted by Crippen LogP contribution is -2.30. The first-order valence-corrected chi connectivity index (χ1v) is 6.32. The van der Waals surface area contributed by atoms with Crippen molar-refractivity contribution >= 4 is 17.5 Å². The molecule has 0 spiro atoms. The highest BCUT2D eigenvalue weighted by Crippen LogP contribution is 2.07. The van der Waals surface area contributed by atoms with Gasteiger partial charge in [-0.3, -0.25) is 4.79 Å². The molecule has 1 unspecified atom stereocenters. The van der Waals surface area contributed by atoms with Crippen LogP contribution in [-0.4, -0.2) is 38.0 Å². The smallest absolute Gasteiger partial charge is 0.261 e. The first-order chi connectivity index (χ1) is 8.10. The molecule has 0 aromatic heterocycles. The van der Waals surface area contributed by atoms with E-state index in [1.165, 1.54) is 0 Å². The number of alkyl halides is 3. The van der Waals surface area contributed by atoms with Gasteiger partial charge in [-0.05, 0) is 12.3 Å². The minimum absolute atomic E-state index is 0.0302. The fourth-order valence-electron chi connectivity index (χ4n) is 1.29. The number of hydrogen-bond donors (Lipinski definition) is 1. The Morgan fingerprint density at radius 1 is 1.47 bits per heavy atom. The van der Waals surface area contributed by atoms with E-state index in [1.807, 2.05) is 6.92 Å².